The molecule has 0 aromatic carbocycles. The number of imidazole rings is 1. The van der Waals surface area contributed by atoms with Crippen molar-refractivity contribution in [2.24, 2.45) is 7.05 Å². The van der Waals surface area contributed by atoms with Crippen molar-refractivity contribution in [2.45, 2.75) is 13.3 Å². The van der Waals surface area contributed by atoms with E-state index in [0.29, 0.717) is 0 Å². The van der Waals surface area contributed by atoms with Crippen LogP contribution in [0.2, 0.25) is 0 Å². The van der Waals surface area contributed by atoms with Gasteiger partial charge in [0.25, 0.3) is 0 Å². The molecule has 0 amide bonds. The van der Waals surface area contributed by atoms with Crippen LogP contribution in [0.5, 0.6) is 0 Å². The normalized spacial score (nSPS) is 6.00. The largest absolute Gasteiger partial charge is 0.338 e. The molecule has 0 saturated heterocycles. The van der Waals surface area contributed by atoms with E-state index in [4.69, 9.17) is 0 Å². The van der Waals surface area contributed by atoms with Gasteiger partial charge in [-0.3, -0.25) is 18.8 Å². The second-order valence-electron chi connectivity index (χ2n) is 1.81. The highest BCUT2D eigenvalue weighted by Crippen LogP contribution is 1.92. The topological polar surface area (TPSA) is 17.8 Å². The van der Waals surface area contributed by atoms with Gasteiger partial charge < -0.3 is 4.57 Å². The van der Waals surface area contributed by atoms with Gasteiger partial charge in [0.1, 0.15) is 5.82 Å². The van der Waals surface area contributed by atoms with Gasteiger partial charge >= 0.3 is 0 Å². The van der Waals surface area contributed by atoms with Crippen molar-refractivity contribution in [1.82, 2.24) is 9.55 Å². The molecule has 1 rings (SSSR count). The first-order valence-corrected chi connectivity index (χ1v) is 2.80. The fourth-order valence-electron chi connectivity index (χ4n) is 0.737. The van der Waals surface area contributed by atoms with E-state index in [1.807, 2.05) is 24.0 Å². The summed E-state index contributed by atoms with van der Waals surface area (Å²) < 4.78 is 2.03. The molecule has 0 radical (unpaired) electrons. The van der Waals surface area contributed by atoms with Crippen molar-refractivity contribution in [2.75, 3.05) is 0 Å². The third-order valence-corrected chi connectivity index (χ3v) is 1.24. The standard InChI is InChI=1S/C6H10N2.BH3.4FH/c1-3-6-7-4-5-8(6)2;;;;;/h4-5H,3H2,1-2H3;1H3;4*1H. The lowest BCUT2D eigenvalue weighted by Gasteiger charge is -1.92. The Bertz CT molecular complexity index is 183. The lowest BCUT2D eigenvalue weighted by molar-refractivity contribution is 0.808. The van der Waals surface area contributed by atoms with E-state index >= 15 is 0 Å². The van der Waals surface area contributed by atoms with Gasteiger partial charge in [-0.05, 0) is 0 Å². The fourth-order valence-corrected chi connectivity index (χ4v) is 0.737. The Balaban J connectivity index is -0.0000000427. The first-order chi connectivity index (χ1) is 3.84. The zero-order chi connectivity index (χ0) is 5.98. The highest BCUT2D eigenvalue weighted by molar-refractivity contribution is 5.75. The minimum Gasteiger partial charge on any atom is -0.338 e. The average molecular weight is 204 g/mol. The van der Waals surface area contributed by atoms with Crippen molar-refractivity contribution >= 4 is 8.41 Å². The van der Waals surface area contributed by atoms with Crippen LogP contribution >= 0.6 is 0 Å². The van der Waals surface area contributed by atoms with Crippen molar-refractivity contribution in [3.05, 3.63) is 18.2 Å². The highest BCUT2D eigenvalue weighted by Gasteiger charge is 1.90. The van der Waals surface area contributed by atoms with E-state index in [1.54, 1.807) is 0 Å². The van der Waals surface area contributed by atoms with Crippen LogP contribution in [0, 0.1) is 0 Å². The monoisotopic (exact) mass is 204 g/mol. The van der Waals surface area contributed by atoms with Gasteiger partial charge in [0.05, 0.1) is 8.41 Å². The number of halogens is 4. The molecule has 0 atom stereocenters. The molecule has 0 unspecified atom stereocenters. The Morgan fingerprint density at radius 2 is 1.69 bits per heavy atom. The summed E-state index contributed by atoms with van der Waals surface area (Å²) in [6.07, 6.45) is 4.79. The van der Waals surface area contributed by atoms with E-state index in [9.17, 15) is 0 Å². The highest BCUT2D eigenvalue weighted by atomic mass is 19.0. The van der Waals surface area contributed by atoms with Crippen molar-refractivity contribution in [3.63, 3.8) is 0 Å². The molecular formula is C6H17BF4N2. The van der Waals surface area contributed by atoms with E-state index in [-0.39, 0.29) is 27.2 Å². The summed E-state index contributed by atoms with van der Waals surface area (Å²) >= 11 is 0. The zero-order valence-corrected chi connectivity index (χ0v) is 6.89. The molecule has 7 heteroatoms. The lowest BCUT2D eigenvalue weighted by atomic mass is 10.5. The maximum Gasteiger partial charge on any atom is 0.108 e. The quantitative estimate of drug-likeness (QED) is 0.478. The summed E-state index contributed by atoms with van der Waals surface area (Å²) in [4.78, 5) is 4.10. The van der Waals surface area contributed by atoms with E-state index < -0.39 is 0 Å². The molecule has 0 N–H and O–H groups in total. The molecule has 0 aliphatic rings. The third-order valence-electron chi connectivity index (χ3n) is 1.24. The van der Waals surface area contributed by atoms with E-state index in [1.165, 1.54) is 0 Å². The zero-order valence-electron chi connectivity index (χ0n) is 6.89. The smallest absolute Gasteiger partial charge is 0.108 e. The van der Waals surface area contributed by atoms with Gasteiger partial charge in [-0.1, -0.05) is 6.92 Å². The van der Waals surface area contributed by atoms with Crippen LogP contribution in [-0.4, -0.2) is 18.0 Å². The van der Waals surface area contributed by atoms with Gasteiger partial charge in [-0.15, -0.1) is 0 Å². The number of hydrogen-bond donors (Lipinski definition) is 0. The Hall–Kier alpha value is -1.01. The van der Waals surface area contributed by atoms with Crippen LogP contribution in [0.4, 0.5) is 18.8 Å². The second-order valence-corrected chi connectivity index (χ2v) is 1.81. The second kappa shape index (κ2) is 13.6. The third kappa shape index (κ3) is 7.36. The van der Waals surface area contributed by atoms with Crippen LogP contribution in [0.3, 0.4) is 0 Å². The minimum atomic E-state index is 0. The molecule has 1 aromatic heterocycles. The first kappa shape index (κ1) is 29.6. The van der Waals surface area contributed by atoms with Gasteiger partial charge in [0, 0.05) is 25.9 Å². The van der Waals surface area contributed by atoms with Gasteiger partial charge in [-0.2, -0.15) is 0 Å². The molecule has 2 nitrogen and oxygen atoms in total. The Morgan fingerprint density at radius 1 is 1.23 bits per heavy atom. The minimum absolute atomic E-state index is 0. The number of rotatable bonds is 1. The van der Waals surface area contributed by atoms with Crippen LogP contribution in [0.25, 0.3) is 0 Å². The molecule has 0 aliphatic carbocycles. The number of aromatic nitrogens is 2. The SMILES string of the molecule is B.CCc1nccn1C.F.F.F.F. The molecule has 0 fully saturated rings. The predicted molar refractivity (Wildman–Crippen MR) is 52.5 cm³/mol. The Morgan fingerprint density at radius 3 is 1.85 bits per heavy atom. The Kier molecular flexibility index (Phi) is 30.9. The molecule has 0 bridgehead atoms. The van der Waals surface area contributed by atoms with Crippen LogP contribution < -0.4 is 0 Å². The molecule has 0 saturated carbocycles. The maximum atomic E-state index is 4.10. The summed E-state index contributed by atoms with van der Waals surface area (Å²) in [6.45, 7) is 2.10. The molecular weight excluding hydrogens is 187 g/mol. The van der Waals surface area contributed by atoms with Crippen molar-refractivity contribution in [3.8, 4) is 0 Å². The van der Waals surface area contributed by atoms with Gasteiger partial charge in [0.2, 0.25) is 0 Å². The number of hydrogen-bond acceptors (Lipinski definition) is 1. The fraction of sp³-hybridized carbons (Fsp3) is 0.500. The van der Waals surface area contributed by atoms with Crippen LogP contribution in [0.1, 0.15) is 12.7 Å². The predicted octanol–water partition coefficient (Wildman–Crippen LogP) is 0.409. The molecule has 82 valence electrons. The molecule has 0 aliphatic heterocycles. The number of nitrogens with zero attached hydrogens (tertiary/aromatic N) is 2. The maximum absolute atomic E-state index is 4.10. The summed E-state index contributed by atoms with van der Waals surface area (Å²) in [5.74, 6) is 1.14. The number of aryl methyl sites for hydroxylation is 2. The molecule has 13 heavy (non-hydrogen) atoms. The average Bonchev–Trinajstić information content (AvgIpc) is 2.14. The van der Waals surface area contributed by atoms with Crippen LogP contribution in [-0.2, 0) is 13.5 Å². The molecule has 1 aromatic rings. The lowest BCUT2D eigenvalue weighted by Crippen LogP contribution is -1.92. The summed E-state index contributed by atoms with van der Waals surface area (Å²) in [6, 6.07) is 0. The summed E-state index contributed by atoms with van der Waals surface area (Å²) in [7, 11) is 2.01. The van der Waals surface area contributed by atoms with Crippen molar-refractivity contribution in [1.29, 1.82) is 0 Å². The molecule has 1 heterocycles. The van der Waals surface area contributed by atoms with Crippen LogP contribution in [0.15, 0.2) is 12.4 Å². The van der Waals surface area contributed by atoms with Gasteiger partial charge in [-0.25, -0.2) is 4.98 Å². The molecule has 0 spiro atoms. The van der Waals surface area contributed by atoms with Crippen molar-refractivity contribution < 1.29 is 18.8 Å². The summed E-state index contributed by atoms with van der Waals surface area (Å²) in [5.41, 5.74) is 0. The summed E-state index contributed by atoms with van der Waals surface area (Å²) in [5, 5.41) is 0. The first-order valence-electron chi connectivity index (χ1n) is 2.80. The Labute approximate surface area is 76.4 Å². The van der Waals surface area contributed by atoms with Gasteiger partial charge in [0.15, 0.2) is 0 Å². The van der Waals surface area contributed by atoms with E-state index in [0.717, 1.165) is 12.2 Å². The van der Waals surface area contributed by atoms with E-state index in [2.05, 4.69) is 11.9 Å².